The fourth-order valence-electron chi connectivity index (χ4n) is 11.2. The third-order valence-electron chi connectivity index (χ3n) is 14.5. The van der Waals surface area contributed by atoms with Crippen LogP contribution in [0, 0.1) is 11.8 Å². The Morgan fingerprint density at radius 3 is 1.62 bits per heavy atom. The molecule has 2 nitrogen and oxygen atoms in total. The number of para-hydroxylation sites is 4. The van der Waals surface area contributed by atoms with Crippen LogP contribution in [0.25, 0.3) is 22.9 Å². The zero-order valence-electron chi connectivity index (χ0n) is 39.2. The zero-order chi connectivity index (χ0) is 45.2. The molecule has 0 saturated heterocycles. The van der Waals surface area contributed by atoms with Gasteiger partial charge in [-0.1, -0.05) is 211 Å². The van der Waals surface area contributed by atoms with Gasteiger partial charge in [0.15, 0.2) is 0 Å². The average molecular weight is 845 g/mol. The van der Waals surface area contributed by atoms with Crippen LogP contribution in [0.3, 0.4) is 0 Å². The molecule has 4 aliphatic rings. The second-order valence-electron chi connectivity index (χ2n) is 19.8. The van der Waals surface area contributed by atoms with Gasteiger partial charge < -0.3 is 9.80 Å². The number of hydrogen-bond acceptors (Lipinski definition) is 2. The molecule has 0 amide bonds. The Balaban J connectivity index is 1.04. The fraction of sp³-hybridized carbons (Fsp3) is 0.206. The van der Waals surface area contributed by atoms with Crippen molar-refractivity contribution < 1.29 is 0 Å². The van der Waals surface area contributed by atoms with E-state index in [-0.39, 0.29) is 22.7 Å². The van der Waals surface area contributed by atoms with Crippen LogP contribution < -0.4 is 20.2 Å². The largest absolute Gasteiger partial charge is 0.312 e. The Bertz CT molecular complexity index is 3090. The molecule has 0 aromatic heterocycles. The lowest BCUT2D eigenvalue weighted by Crippen LogP contribution is -2.45. The van der Waals surface area contributed by atoms with Gasteiger partial charge in [0.05, 0.1) is 11.4 Å². The van der Waals surface area contributed by atoms with Gasteiger partial charge in [0.25, 0.3) is 0 Å². The lowest BCUT2D eigenvalue weighted by molar-refractivity contribution is 0.623. The van der Waals surface area contributed by atoms with E-state index in [0.717, 1.165) is 5.70 Å². The van der Waals surface area contributed by atoms with Gasteiger partial charge in [0, 0.05) is 50.7 Å². The van der Waals surface area contributed by atoms with E-state index in [4.69, 9.17) is 0 Å². The predicted molar refractivity (Wildman–Crippen MR) is 278 cm³/mol. The summed E-state index contributed by atoms with van der Waals surface area (Å²) in [5.74, 6) is 0.661. The summed E-state index contributed by atoms with van der Waals surface area (Å²) in [5, 5.41) is 2.58. The van der Waals surface area contributed by atoms with Crippen LogP contribution in [0.4, 0.5) is 22.7 Å². The first-order chi connectivity index (χ1) is 31.4. The minimum absolute atomic E-state index is 0.113. The number of benzene rings is 6. The molecule has 65 heavy (non-hydrogen) atoms. The van der Waals surface area contributed by atoms with Gasteiger partial charge in [-0.15, -0.1) is 0 Å². The van der Waals surface area contributed by atoms with E-state index < -0.39 is 0 Å². The number of allylic oxidation sites excluding steroid dienone is 8. The molecule has 0 bridgehead atoms. The molecule has 322 valence electrons. The maximum Gasteiger partial charge on any atom is 0.0502 e. The van der Waals surface area contributed by atoms with Gasteiger partial charge in [-0.05, 0) is 105 Å². The predicted octanol–water partition coefficient (Wildman–Crippen LogP) is 15.0. The van der Waals surface area contributed by atoms with Gasteiger partial charge in [-0.25, -0.2) is 0 Å². The van der Waals surface area contributed by atoms with Crippen LogP contribution in [-0.4, -0.2) is 0 Å². The van der Waals surface area contributed by atoms with Gasteiger partial charge in [-0.2, -0.15) is 0 Å². The lowest BCUT2D eigenvalue weighted by Gasteiger charge is -2.46. The highest BCUT2D eigenvalue weighted by Crippen LogP contribution is 2.53. The summed E-state index contributed by atoms with van der Waals surface area (Å²) >= 11 is 0. The van der Waals surface area contributed by atoms with Crippen LogP contribution >= 0.6 is 0 Å². The van der Waals surface area contributed by atoms with E-state index >= 15 is 0 Å². The van der Waals surface area contributed by atoms with Gasteiger partial charge >= 0.3 is 0 Å². The molecular weight excluding hydrogens is 785 g/mol. The highest BCUT2D eigenvalue weighted by molar-refractivity contribution is 5.92. The third kappa shape index (κ3) is 6.94. The molecular formula is C63H60N2. The fourth-order valence-corrected chi connectivity index (χ4v) is 11.2. The van der Waals surface area contributed by atoms with Crippen LogP contribution in [0.15, 0.2) is 200 Å². The van der Waals surface area contributed by atoms with E-state index in [1.807, 2.05) is 0 Å². The molecule has 2 heterocycles. The van der Waals surface area contributed by atoms with Gasteiger partial charge in [0.1, 0.15) is 0 Å². The van der Waals surface area contributed by atoms with Crippen molar-refractivity contribution in [2.45, 2.75) is 72.1 Å². The molecule has 2 atom stereocenters. The molecule has 0 saturated carbocycles. The third-order valence-corrected chi connectivity index (χ3v) is 14.5. The minimum Gasteiger partial charge on any atom is -0.312 e. The summed E-state index contributed by atoms with van der Waals surface area (Å²) in [6.45, 7) is 23.1. The molecule has 10 rings (SSSR count). The molecule has 0 N–H and O–H groups in total. The molecule has 0 fully saturated rings. The van der Waals surface area contributed by atoms with Crippen molar-refractivity contribution in [1.29, 1.82) is 0 Å². The molecule has 2 heteroatoms. The normalized spacial score (nSPS) is 18.5. The Morgan fingerprint density at radius 1 is 0.569 bits per heavy atom. The van der Waals surface area contributed by atoms with E-state index in [1.54, 1.807) is 0 Å². The summed E-state index contributed by atoms with van der Waals surface area (Å²) in [5.41, 5.74) is 19.9. The first kappa shape index (κ1) is 42.1. The average Bonchev–Trinajstić information content (AvgIpc) is 3.31. The van der Waals surface area contributed by atoms with Crippen molar-refractivity contribution >= 4 is 45.7 Å². The summed E-state index contributed by atoms with van der Waals surface area (Å²) < 4.78 is 0. The molecule has 6 aromatic carbocycles. The lowest BCUT2D eigenvalue weighted by atomic mass is 9.71. The van der Waals surface area contributed by atoms with E-state index in [2.05, 4.69) is 260 Å². The number of anilines is 4. The molecule has 2 unspecified atom stereocenters. The van der Waals surface area contributed by atoms with Crippen molar-refractivity contribution in [3.05, 3.63) is 249 Å². The van der Waals surface area contributed by atoms with Gasteiger partial charge in [0.2, 0.25) is 0 Å². The Labute approximate surface area is 387 Å². The molecule has 2 aliphatic carbocycles. The number of rotatable bonds is 8. The summed E-state index contributed by atoms with van der Waals surface area (Å²) in [7, 11) is 0. The molecule has 2 aliphatic heterocycles. The van der Waals surface area contributed by atoms with Crippen LogP contribution in [0.2, 0.25) is 0 Å². The summed E-state index contributed by atoms with van der Waals surface area (Å²) in [6, 6.07) is 51.7. The van der Waals surface area contributed by atoms with Crippen molar-refractivity contribution in [3.63, 3.8) is 0 Å². The second kappa shape index (κ2) is 16.3. The first-order valence-electron chi connectivity index (χ1n) is 23.4. The van der Waals surface area contributed by atoms with Crippen molar-refractivity contribution in [2.75, 3.05) is 9.80 Å². The maximum atomic E-state index is 4.68. The number of nitrogens with zero attached hydrogens (tertiary/aromatic N) is 2. The topological polar surface area (TPSA) is 6.48 Å². The Kier molecular flexibility index (Phi) is 10.5. The van der Waals surface area contributed by atoms with Crippen molar-refractivity contribution in [3.8, 4) is 0 Å². The number of hydrogen-bond donors (Lipinski definition) is 0. The van der Waals surface area contributed by atoms with Crippen LogP contribution in [0.5, 0.6) is 0 Å². The minimum atomic E-state index is -0.119. The van der Waals surface area contributed by atoms with E-state index in [1.165, 1.54) is 94.5 Å². The first-order valence-corrected chi connectivity index (χ1v) is 23.4. The van der Waals surface area contributed by atoms with Crippen LogP contribution in [0.1, 0.15) is 100 Å². The Morgan fingerprint density at radius 2 is 1.06 bits per heavy atom. The van der Waals surface area contributed by atoms with E-state index in [9.17, 15) is 0 Å². The summed E-state index contributed by atoms with van der Waals surface area (Å²) in [6.07, 6.45) is 18.6. The SMILES string of the molecule is C=C(/C=C\C(=C(C)C)c1ccc(/C=C/C2=c3ccccc3=C(N3c4ccccc4C(C)(C)c4ccccc43)C3C=CC=CC23)cc1C(C)C)N1c2ccccc2C(C)(C)c2ccccc21. The number of fused-ring (bicyclic) bond motifs is 6. The van der Waals surface area contributed by atoms with Crippen molar-refractivity contribution in [1.82, 2.24) is 0 Å². The van der Waals surface area contributed by atoms with E-state index in [0.29, 0.717) is 5.92 Å². The molecule has 0 radical (unpaired) electrons. The van der Waals surface area contributed by atoms with Gasteiger partial charge in [-0.3, -0.25) is 0 Å². The highest BCUT2D eigenvalue weighted by Gasteiger charge is 2.41. The molecule has 0 spiro atoms. The summed E-state index contributed by atoms with van der Waals surface area (Å²) in [4.78, 5) is 4.92. The smallest absolute Gasteiger partial charge is 0.0502 e. The quantitative estimate of drug-likeness (QED) is 0.141. The Hall–Kier alpha value is -6.90. The van der Waals surface area contributed by atoms with Crippen LogP contribution in [-0.2, 0) is 10.8 Å². The monoisotopic (exact) mass is 844 g/mol. The van der Waals surface area contributed by atoms with Crippen molar-refractivity contribution in [2.24, 2.45) is 11.8 Å². The highest BCUT2D eigenvalue weighted by atomic mass is 15.2. The zero-order valence-corrected chi connectivity index (χ0v) is 39.2. The molecule has 6 aromatic rings. The second-order valence-corrected chi connectivity index (χ2v) is 19.8. The standard InChI is InChI=1S/C63H60N2/c1-41(2)45(37-34-43(5)64-57-30-18-14-26-53(57)62(6,7)54-27-15-19-31-58(54)64)48-38-35-44(40-52(48)42(3)4)36-39-49-46-22-10-12-24-50(46)61(51-25-13-11-23-47(49)51)65-59-32-20-16-28-55(59)63(8,9)56-29-17-21-33-60(56)65/h10-40,42,46,50H,5H2,1-4,6-9H3/b37-34-,39-36+. The maximum absolute atomic E-state index is 4.68.